The van der Waals surface area contributed by atoms with Gasteiger partial charge in [-0.3, -0.25) is 0 Å². The highest BCUT2D eigenvalue weighted by molar-refractivity contribution is 5.66. The van der Waals surface area contributed by atoms with Crippen LogP contribution < -0.4 is 10.1 Å². The van der Waals surface area contributed by atoms with Crippen LogP contribution in [0.5, 0.6) is 5.75 Å². The monoisotopic (exact) mass is 273 g/mol. The average molecular weight is 273 g/mol. The van der Waals surface area contributed by atoms with Gasteiger partial charge in [-0.25, -0.2) is 4.39 Å². The summed E-state index contributed by atoms with van der Waals surface area (Å²) in [6.45, 7) is 5.56. The first kappa shape index (κ1) is 14.5. The normalized spacial score (nSPS) is 10.6. The lowest BCUT2D eigenvalue weighted by Gasteiger charge is -2.10. The van der Waals surface area contributed by atoms with Gasteiger partial charge >= 0.3 is 0 Å². The summed E-state index contributed by atoms with van der Waals surface area (Å²) in [7, 11) is 1.64. The molecule has 3 heteroatoms. The topological polar surface area (TPSA) is 21.3 Å². The number of benzene rings is 2. The van der Waals surface area contributed by atoms with Crippen molar-refractivity contribution in [2.45, 2.75) is 20.4 Å². The summed E-state index contributed by atoms with van der Waals surface area (Å²) in [5.74, 6) is 0.628. The zero-order chi connectivity index (χ0) is 14.5. The van der Waals surface area contributed by atoms with Crippen LogP contribution in [-0.2, 0) is 6.54 Å². The highest BCUT2D eigenvalue weighted by Gasteiger charge is 2.08. The first-order valence-corrected chi connectivity index (χ1v) is 6.80. The quantitative estimate of drug-likeness (QED) is 0.891. The van der Waals surface area contributed by atoms with Gasteiger partial charge in [-0.15, -0.1) is 0 Å². The van der Waals surface area contributed by atoms with Crippen LogP contribution in [0.15, 0.2) is 36.4 Å². The van der Waals surface area contributed by atoms with Gasteiger partial charge in [0.25, 0.3) is 0 Å². The summed E-state index contributed by atoms with van der Waals surface area (Å²) >= 11 is 0. The van der Waals surface area contributed by atoms with Crippen LogP contribution in [0.1, 0.15) is 18.1 Å². The molecule has 0 spiro atoms. The van der Waals surface area contributed by atoms with Crippen LogP contribution >= 0.6 is 0 Å². The molecule has 0 radical (unpaired) electrons. The molecule has 0 saturated carbocycles. The molecule has 0 aliphatic heterocycles. The molecule has 0 aliphatic carbocycles. The smallest absolute Gasteiger partial charge is 0.131 e. The Kier molecular flexibility index (Phi) is 4.74. The van der Waals surface area contributed by atoms with Gasteiger partial charge in [0.05, 0.1) is 7.11 Å². The molecule has 0 aromatic heterocycles. The summed E-state index contributed by atoms with van der Waals surface area (Å²) < 4.78 is 19.4. The second kappa shape index (κ2) is 6.53. The molecule has 0 saturated heterocycles. The van der Waals surface area contributed by atoms with E-state index in [-0.39, 0.29) is 5.82 Å². The van der Waals surface area contributed by atoms with Gasteiger partial charge in [-0.05, 0) is 48.4 Å². The third-order valence-electron chi connectivity index (χ3n) is 3.32. The Hall–Kier alpha value is -1.87. The standard InChI is InChI=1S/C17H20FNO/c1-4-19-11-13-5-7-15(16(18)10-13)14-6-8-17(20-3)12(2)9-14/h5-10,19H,4,11H2,1-3H3. The van der Waals surface area contributed by atoms with E-state index in [4.69, 9.17) is 4.74 Å². The van der Waals surface area contributed by atoms with E-state index in [0.717, 1.165) is 29.0 Å². The number of halogens is 1. The molecule has 2 aromatic carbocycles. The van der Waals surface area contributed by atoms with E-state index in [0.29, 0.717) is 12.1 Å². The van der Waals surface area contributed by atoms with Crippen molar-refractivity contribution in [2.24, 2.45) is 0 Å². The highest BCUT2D eigenvalue weighted by atomic mass is 19.1. The van der Waals surface area contributed by atoms with Gasteiger partial charge in [0.1, 0.15) is 11.6 Å². The molecular formula is C17H20FNO. The van der Waals surface area contributed by atoms with Crippen molar-refractivity contribution >= 4 is 0 Å². The predicted octanol–water partition coefficient (Wildman–Crippen LogP) is 3.92. The number of rotatable bonds is 5. The predicted molar refractivity (Wildman–Crippen MR) is 80.5 cm³/mol. The molecule has 20 heavy (non-hydrogen) atoms. The van der Waals surface area contributed by atoms with Gasteiger partial charge < -0.3 is 10.1 Å². The minimum absolute atomic E-state index is 0.190. The van der Waals surface area contributed by atoms with E-state index >= 15 is 0 Å². The van der Waals surface area contributed by atoms with Crippen molar-refractivity contribution < 1.29 is 9.13 Å². The number of hydrogen-bond acceptors (Lipinski definition) is 2. The SMILES string of the molecule is CCNCc1ccc(-c2ccc(OC)c(C)c2)c(F)c1. The van der Waals surface area contributed by atoms with Gasteiger partial charge in [-0.2, -0.15) is 0 Å². The molecule has 0 amide bonds. The Morgan fingerprint density at radius 3 is 2.55 bits per heavy atom. The van der Waals surface area contributed by atoms with Crippen LogP contribution in [0.3, 0.4) is 0 Å². The molecule has 2 nitrogen and oxygen atoms in total. The lowest BCUT2D eigenvalue weighted by molar-refractivity contribution is 0.412. The lowest BCUT2D eigenvalue weighted by atomic mass is 10.0. The maximum absolute atomic E-state index is 14.2. The van der Waals surface area contributed by atoms with E-state index in [1.54, 1.807) is 13.2 Å². The maximum atomic E-state index is 14.2. The number of methoxy groups -OCH3 is 1. The van der Waals surface area contributed by atoms with E-state index in [9.17, 15) is 4.39 Å². The van der Waals surface area contributed by atoms with Gasteiger partial charge in [-0.1, -0.05) is 25.1 Å². The van der Waals surface area contributed by atoms with E-state index in [2.05, 4.69) is 5.32 Å². The molecular weight excluding hydrogens is 253 g/mol. The van der Waals surface area contributed by atoms with Crippen LogP contribution in [0.2, 0.25) is 0 Å². The summed E-state index contributed by atoms with van der Waals surface area (Å²) in [6.07, 6.45) is 0. The van der Waals surface area contributed by atoms with Gasteiger partial charge in [0, 0.05) is 12.1 Å². The fourth-order valence-electron chi connectivity index (χ4n) is 2.22. The molecule has 0 bridgehead atoms. The molecule has 0 fully saturated rings. The third kappa shape index (κ3) is 3.17. The third-order valence-corrected chi connectivity index (χ3v) is 3.32. The molecule has 0 aliphatic rings. The largest absolute Gasteiger partial charge is 0.496 e. The van der Waals surface area contributed by atoms with E-state index in [1.807, 2.05) is 44.2 Å². The summed E-state index contributed by atoms with van der Waals surface area (Å²) in [6, 6.07) is 11.1. The average Bonchev–Trinajstić information content (AvgIpc) is 2.45. The van der Waals surface area contributed by atoms with Crippen molar-refractivity contribution in [3.05, 3.63) is 53.3 Å². The summed E-state index contributed by atoms with van der Waals surface area (Å²) in [5, 5.41) is 3.19. The lowest BCUT2D eigenvalue weighted by Crippen LogP contribution is -2.11. The molecule has 2 rings (SSSR count). The van der Waals surface area contributed by atoms with E-state index < -0.39 is 0 Å². The number of aryl methyl sites for hydroxylation is 1. The fraction of sp³-hybridized carbons (Fsp3) is 0.294. The minimum Gasteiger partial charge on any atom is -0.496 e. The summed E-state index contributed by atoms with van der Waals surface area (Å²) in [5.41, 5.74) is 3.45. The van der Waals surface area contributed by atoms with Crippen molar-refractivity contribution in [2.75, 3.05) is 13.7 Å². The zero-order valence-corrected chi connectivity index (χ0v) is 12.2. The Balaban J connectivity index is 2.31. The Morgan fingerprint density at radius 2 is 1.95 bits per heavy atom. The van der Waals surface area contributed by atoms with Crippen LogP contribution in [-0.4, -0.2) is 13.7 Å². The van der Waals surface area contributed by atoms with Crippen molar-refractivity contribution in [3.63, 3.8) is 0 Å². The van der Waals surface area contributed by atoms with Crippen LogP contribution in [0, 0.1) is 12.7 Å². The first-order chi connectivity index (χ1) is 9.65. The number of nitrogens with one attached hydrogen (secondary N) is 1. The fourth-order valence-corrected chi connectivity index (χ4v) is 2.22. The zero-order valence-electron chi connectivity index (χ0n) is 12.2. The van der Waals surface area contributed by atoms with E-state index in [1.165, 1.54) is 0 Å². The van der Waals surface area contributed by atoms with Crippen molar-refractivity contribution in [1.82, 2.24) is 5.32 Å². The Morgan fingerprint density at radius 1 is 1.15 bits per heavy atom. The van der Waals surface area contributed by atoms with Crippen LogP contribution in [0.25, 0.3) is 11.1 Å². The van der Waals surface area contributed by atoms with Gasteiger partial charge in [0.2, 0.25) is 0 Å². The summed E-state index contributed by atoms with van der Waals surface area (Å²) in [4.78, 5) is 0. The van der Waals surface area contributed by atoms with Crippen molar-refractivity contribution in [3.8, 4) is 16.9 Å². The molecule has 106 valence electrons. The Bertz CT molecular complexity index is 596. The number of ether oxygens (including phenoxy) is 1. The molecule has 2 aromatic rings. The number of hydrogen-bond donors (Lipinski definition) is 1. The Labute approximate surface area is 119 Å². The second-order valence-electron chi connectivity index (χ2n) is 4.78. The maximum Gasteiger partial charge on any atom is 0.131 e. The minimum atomic E-state index is -0.190. The highest BCUT2D eigenvalue weighted by Crippen LogP contribution is 2.28. The van der Waals surface area contributed by atoms with Gasteiger partial charge in [0.15, 0.2) is 0 Å². The van der Waals surface area contributed by atoms with Crippen molar-refractivity contribution in [1.29, 1.82) is 0 Å². The molecule has 1 N–H and O–H groups in total. The molecule has 0 atom stereocenters. The first-order valence-electron chi connectivity index (χ1n) is 6.80. The molecule has 0 heterocycles. The molecule has 0 unspecified atom stereocenters. The second-order valence-corrected chi connectivity index (χ2v) is 4.78. The van der Waals surface area contributed by atoms with Crippen LogP contribution in [0.4, 0.5) is 4.39 Å².